The van der Waals surface area contributed by atoms with E-state index in [4.69, 9.17) is 9.47 Å². The van der Waals surface area contributed by atoms with Crippen LogP contribution >= 0.6 is 11.3 Å². The van der Waals surface area contributed by atoms with E-state index in [9.17, 15) is 4.79 Å². The number of hydrogen-bond donors (Lipinski definition) is 0. The number of hydrogen-bond acceptors (Lipinski definition) is 6. The van der Waals surface area contributed by atoms with E-state index in [1.54, 1.807) is 16.3 Å². The Bertz CT molecular complexity index is 617. The Morgan fingerprint density at radius 3 is 3.24 bits per heavy atom. The Hall–Kier alpha value is -1.73. The summed E-state index contributed by atoms with van der Waals surface area (Å²) in [4.78, 5) is 16.3. The number of carbonyl (C=O) groups excluding carboxylic acids is 1. The van der Waals surface area contributed by atoms with Gasteiger partial charge in [-0.05, 0) is 12.8 Å². The van der Waals surface area contributed by atoms with Crippen LogP contribution in [-0.4, -0.2) is 40.6 Å². The first kappa shape index (κ1) is 14.2. The molecule has 2 aromatic rings. The molecule has 0 amide bonds. The molecule has 0 N–H and O–H groups in total. The van der Waals surface area contributed by atoms with E-state index in [1.807, 2.05) is 13.2 Å². The number of carbonyl (C=O) groups is 1. The molecule has 0 unspecified atom stereocenters. The van der Waals surface area contributed by atoms with Crippen molar-refractivity contribution < 1.29 is 14.3 Å². The van der Waals surface area contributed by atoms with Crippen molar-refractivity contribution in [3.8, 4) is 10.6 Å². The lowest BCUT2D eigenvalue weighted by Crippen LogP contribution is -2.23. The molecule has 0 saturated carbocycles. The lowest BCUT2D eigenvalue weighted by Gasteiger charge is -2.21. The van der Waals surface area contributed by atoms with Crippen LogP contribution in [0, 0.1) is 5.92 Å². The van der Waals surface area contributed by atoms with E-state index < -0.39 is 0 Å². The molecule has 1 aliphatic heterocycles. The maximum absolute atomic E-state index is 12.0. The summed E-state index contributed by atoms with van der Waals surface area (Å²) in [5, 5.41) is 6.60. The molecule has 0 aromatic carbocycles. The van der Waals surface area contributed by atoms with Crippen LogP contribution in [-0.2, 0) is 16.5 Å². The summed E-state index contributed by atoms with van der Waals surface area (Å²) >= 11 is 1.42. The molecule has 1 aliphatic rings. The zero-order valence-electron chi connectivity index (χ0n) is 11.8. The Kier molecular flexibility index (Phi) is 4.31. The van der Waals surface area contributed by atoms with Gasteiger partial charge < -0.3 is 9.47 Å². The molecule has 3 heterocycles. The predicted molar refractivity (Wildman–Crippen MR) is 78.1 cm³/mol. The topological polar surface area (TPSA) is 66.2 Å². The summed E-state index contributed by atoms with van der Waals surface area (Å²) in [6.07, 6.45) is 5.68. The van der Waals surface area contributed by atoms with Gasteiger partial charge in [0.25, 0.3) is 0 Å². The lowest BCUT2D eigenvalue weighted by atomic mass is 10.0. The largest absolute Gasteiger partial charge is 0.461 e. The van der Waals surface area contributed by atoms with Gasteiger partial charge in [-0.25, -0.2) is 9.78 Å². The second-order valence-corrected chi connectivity index (χ2v) is 5.98. The van der Waals surface area contributed by atoms with Gasteiger partial charge >= 0.3 is 5.97 Å². The number of esters is 1. The van der Waals surface area contributed by atoms with Crippen molar-refractivity contribution >= 4 is 17.3 Å². The van der Waals surface area contributed by atoms with Gasteiger partial charge in [0.2, 0.25) is 0 Å². The lowest BCUT2D eigenvalue weighted by molar-refractivity contribution is 0.00830. The highest BCUT2D eigenvalue weighted by Gasteiger charge is 2.18. The molecule has 1 atom stereocenters. The zero-order chi connectivity index (χ0) is 14.7. The molecule has 0 aliphatic carbocycles. The molecule has 1 saturated heterocycles. The third kappa shape index (κ3) is 3.48. The monoisotopic (exact) mass is 307 g/mol. The summed E-state index contributed by atoms with van der Waals surface area (Å²) in [5.74, 6) is -0.0638. The van der Waals surface area contributed by atoms with Gasteiger partial charge in [0, 0.05) is 36.7 Å². The number of aromatic nitrogens is 3. The second-order valence-electron chi connectivity index (χ2n) is 5.12. The Labute approximate surface area is 126 Å². The van der Waals surface area contributed by atoms with E-state index >= 15 is 0 Å². The average molecular weight is 307 g/mol. The molecule has 112 valence electrons. The molecule has 0 spiro atoms. The van der Waals surface area contributed by atoms with Gasteiger partial charge in [-0.3, -0.25) is 4.68 Å². The average Bonchev–Trinajstić information content (AvgIpc) is 3.14. The first-order valence-electron chi connectivity index (χ1n) is 6.92. The first-order valence-corrected chi connectivity index (χ1v) is 7.80. The van der Waals surface area contributed by atoms with Gasteiger partial charge in [0.15, 0.2) is 5.69 Å². The minimum atomic E-state index is -0.369. The molecular weight excluding hydrogens is 290 g/mol. The van der Waals surface area contributed by atoms with Crippen LogP contribution in [0.5, 0.6) is 0 Å². The van der Waals surface area contributed by atoms with E-state index in [-0.39, 0.29) is 5.97 Å². The fraction of sp³-hybridized carbons (Fsp3) is 0.500. The van der Waals surface area contributed by atoms with E-state index in [0.717, 1.165) is 30.0 Å². The number of nitrogens with zero attached hydrogens (tertiary/aromatic N) is 3. The number of ether oxygens (including phenoxy) is 2. The quantitative estimate of drug-likeness (QED) is 0.810. The van der Waals surface area contributed by atoms with Crippen molar-refractivity contribution in [1.29, 1.82) is 0 Å². The second kappa shape index (κ2) is 6.36. The molecule has 2 aromatic heterocycles. The minimum Gasteiger partial charge on any atom is -0.461 e. The van der Waals surface area contributed by atoms with E-state index in [2.05, 4.69) is 10.1 Å². The van der Waals surface area contributed by atoms with Gasteiger partial charge in [0.05, 0.1) is 19.4 Å². The molecule has 0 radical (unpaired) electrons. The smallest absolute Gasteiger partial charge is 0.357 e. The van der Waals surface area contributed by atoms with Crippen LogP contribution in [0.1, 0.15) is 23.3 Å². The van der Waals surface area contributed by atoms with Crippen LogP contribution < -0.4 is 0 Å². The summed E-state index contributed by atoms with van der Waals surface area (Å²) in [7, 11) is 1.85. The van der Waals surface area contributed by atoms with Crippen molar-refractivity contribution in [2.75, 3.05) is 19.8 Å². The fourth-order valence-corrected chi connectivity index (χ4v) is 3.00. The van der Waals surface area contributed by atoms with Gasteiger partial charge in [-0.2, -0.15) is 5.10 Å². The molecule has 7 heteroatoms. The fourth-order valence-electron chi connectivity index (χ4n) is 2.24. The normalized spacial score (nSPS) is 18.6. The van der Waals surface area contributed by atoms with Gasteiger partial charge in [-0.15, -0.1) is 11.3 Å². The predicted octanol–water partition coefficient (Wildman–Crippen LogP) is 2.13. The molecule has 6 nitrogen and oxygen atoms in total. The van der Waals surface area contributed by atoms with Crippen molar-refractivity contribution in [3.63, 3.8) is 0 Å². The number of thiazole rings is 1. The Morgan fingerprint density at radius 1 is 1.62 bits per heavy atom. The highest BCUT2D eigenvalue weighted by molar-refractivity contribution is 7.13. The molecule has 21 heavy (non-hydrogen) atoms. The number of aryl methyl sites for hydroxylation is 1. The van der Waals surface area contributed by atoms with Gasteiger partial charge in [0.1, 0.15) is 5.01 Å². The van der Waals surface area contributed by atoms with Crippen LogP contribution in [0.2, 0.25) is 0 Å². The van der Waals surface area contributed by atoms with Crippen molar-refractivity contribution in [2.45, 2.75) is 12.8 Å². The van der Waals surface area contributed by atoms with Crippen molar-refractivity contribution in [2.24, 2.45) is 13.0 Å². The summed E-state index contributed by atoms with van der Waals surface area (Å²) in [6, 6.07) is 0. The maximum atomic E-state index is 12.0. The molecule has 3 rings (SSSR count). The molecule has 0 bridgehead atoms. The van der Waals surface area contributed by atoms with Crippen molar-refractivity contribution in [1.82, 2.24) is 14.8 Å². The maximum Gasteiger partial charge on any atom is 0.357 e. The van der Waals surface area contributed by atoms with Crippen LogP contribution in [0.4, 0.5) is 0 Å². The summed E-state index contributed by atoms with van der Waals surface area (Å²) in [6.45, 7) is 1.88. The SMILES string of the molecule is Cn1cc(-c2nc(C(=O)OC[C@@H]3CCCOC3)cs2)cn1. The van der Waals surface area contributed by atoms with Gasteiger partial charge in [-0.1, -0.05) is 0 Å². The standard InChI is InChI=1S/C14H17N3O3S/c1-17-6-11(5-15-17)13-16-12(9-21-13)14(18)20-8-10-3-2-4-19-7-10/h5-6,9-10H,2-4,7-8H2,1H3/t10-/m1/s1. The molecule has 1 fully saturated rings. The van der Waals surface area contributed by atoms with Crippen LogP contribution in [0.25, 0.3) is 10.6 Å². The zero-order valence-corrected chi connectivity index (χ0v) is 12.6. The molecular formula is C14H17N3O3S. The number of rotatable bonds is 4. The highest BCUT2D eigenvalue weighted by Crippen LogP contribution is 2.23. The first-order chi connectivity index (χ1) is 10.2. The summed E-state index contributed by atoms with van der Waals surface area (Å²) in [5.41, 5.74) is 1.26. The van der Waals surface area contributed by atoms with E-state index in [0.29, 0.717) is 24.8 Å². The van der Waals surface area contributed by atoms with Crippen LogP contribution in [0.3, 0.4) is 0 Å². The Morgan fingerprint density at radius 2 is 2.52 bits per heavy atom. The third-order valence-corrected chi connectivity index (χ3v) is 4.26. The summed E-state index contributed by atoms with van der Waals surface area (Å²) < 4.78 is 12.4. The van der Waals surface area contributed by atoms with Crippen LogP contribution in [0.15, 0.2) is 17.8 Å². The minimum absolute atomic E-state index is 0.305. The third-order valence-electron chi connectivity index (χ3n) is 3.37. The van der Waals surface area contributed by atoms with Crippen molar-refractivity contribution in [3.05, 3.63) is 23.5 Å². The Balaban J connectivity index is 1.59. The van der Waals surface area contributed by atoms with E-state index in [1.165, 1.54) is 11.3 Å². The highest BCUT2D eigenvalue weighted by atomic mass is 32.1.